The highest BCUT2D eigenvalue weighted by Crippen LogP contribution is 2.34. The smallest absolute Gasteiger partial charge is 0.303 e. The number of amides is 1. The molecule has 0 aliphatic carbocycles. The number of halogens is 1. The van der Waals surface area contributed by atoms with Gasteiger partial charge < -0.3 is 5.11 Å². The second-order valence-corrected chi connectivity index (χ2v) is 7.53. The maximum atomic E-state index is 12.2. The van der Waals surface area contributed by atoms with Gasteiger partial charge in [-0.25, -0.2) is 0 Å². The molecular weight excluding hydrogens is 382 g/mol. The fourth-order valence-electron chi connectivity index (χ4n) is 1.61. The average molecular weight is 392 g/mol. The molecule has 1 aliphatic heterocycles. The minimum absolute atomic E-state index is 0.0357. The number of thiophene rings is 1. The van der Waals surface area contributed by atoms with E-state index >= 15 is 0 Å². The summed E-state index contributed by atoms with van der Waals surface area (Å²) in [5.74, 6) is -1.01. The normalized spacial score (nSPS) is 17.2. The summed E-state index contributed by atoms with van der Waals surface area (Å²) in [6.07, 6.45) is 2.25. The van der Waals surface area contributed by atoms with Gasteiger partial charge in [0.1, 0.15) is 4.32 Å². The number of nitrogens with zero attached hydrogens (tertiary/aromatic N) is 1. The van der Waals surface area contributed by atoms with Gasteiger partial charge in [0.05, 0.1) is 4.91 Å². The first-order valence-corrected chi connectivity index (χ1v) is 8.58. The van der Waals surface area contributed by atoms with Gasteiger partial charge >= 0.3 is 5.97 Å². The summed E-state index contributed by atoms with van der Waals surface area (Å²) < 4.78 is 1.47. The Bertz CT molecular complexity index is 597. The van der Waals surface area contributed by atoms with Crippen LogP contribution in [0.25, 0.3) is 6.08 Å². The van der Waals surface area contributed by atoms with Gasteiger partial charge in [0.25, 0.3) is 5.91 Å². The van der Waals surface area contributed by atoms with E-state index in [4.69, 9.17) is 17.3 Å². The first-order chi connectivity index (χ1) is 9.47. The number of hydrogen-bond acceptors (Lipinski definition) is 5. The Hall–Kier alpha value is -0.700. The topological polar surface area (TPSA) is 57.6 Å². The van der Waals surface area contributed by atoms with Crippen LogP contribution in [0.5, 0.6) is 0 Å². The van der Waals surface area contributed by atoms with Crippen LogP contribution in [-0.2, 0) is 9.59 Å². The zero-order valence-corrected chi connectivity index (χ0v) is 14.2. The van der Waals surface area contributed by atoms with Gasteiger partial charge in [-0.05, 0) is 34.5 Å². The predicted octanol–water partition coefficient (Wildman–Crippen LogP) is 3.58. The van der Waals surface area contributed by atoms with Crippen LogP contribution in [0.15, 0.2) is 20.8 Å². The molecule has 1 N–H and O–H groups in total. The SMILES string of the molecule is O=C(O)CCCN1C(=O)/C(=C/c2cc(Br)cs2)SC1=S. The van der Waals surface area contributed by atoms with Gasteiger partial charge in [-0.2, -0.15) is 0 Å². The van der Waals surface area contributed by atoms with Crippen molar-refractivity contribution in [3.05, 3.63) is 25.7 Å². The Morgan fingerprint density at radius 3 is 2.90 bits per heavy atom. The number of aliphatic carboxylic acids is 1. The molecule has 8 heteroatoms. The van der Waals surface area contributed by atoms with Crippen LogP contribution in [0, 0.1) is 0 Å². The molecule has 1 aliphatic rings. The lowest BCUT2D eigenvalue weighted by Gasteiger charge is -2.13. The first-order valence-electron chi connectivity index (χ1n) is 5.68. The van der Waals surface area contributed by atoms with Crippen molar-refractivity contribution in [2.75, 3.05) is 6.54 Å². The van der Waals surface area contributed by atoms with Gasteiger partial charge in [-0.3, -0.25) is 14.5 Å². The third-order valence-corrected chi connectivity index (χ3v) is 5.53. The Balaban J connectivity index is 2.04. The standard InChI is InChI=1S/C12H10BrNO3S3/c13-7-4-8(19-6-7)5-9-11(17)14(12(18)20-9)3-1-2-10(15)16/h4-6H,1-3H2,(H,15,16)/b9-5-. The molecule has 0 radical (unpaired) electrons. The maximum Gasteiger partial charge on any atom is 0.303 e. The van der Waals surface area contributed by atoms with E-state index in [0.29, 0.717) is 22.2 Å². The minimum atomic E-state index is -0.866. The van der Waals surface area contributed by atoms with Crippen LogP contribution in [0.1, 0.15) is 17.7 Å². The highest BCUT2D eigenvalue weighted by Gasteiger charge is 2.31. The third kappa shape index (κ3) is 3.91. The van der Waals surface area contributed by atoms with Gasteiger partial charge in [0.2, 0.25) is 0 Å². The molecule has 0 saturated carbocycles. The molecule has 1 aromatic heterocycles. The number of rotatable bonds is 5. The molecule has 0 atom stereocenters. The van der Waals surface area contributed by atoms with Crippen LogP contribution >= 0.6 is 51.2 Å². The van der Waals surface area contributed by atoms with Crippen molar-refractivity contribution in [3.63, 3.8) is 0 Å². The number of thioether (sulfide) groups is 1. The Morgan fingerprint density at radius 2 is 2.30 bits per heavy atom. The van der Waals surface area contributed by atoms with Crippen molar-refractivity contribution in [2.24, 2.45) is 0 Å². The Morgan fingerprint density at radius 1 is 1.55 bits per heavy atom. The largest absolute Gasteiger partial charge is 0.481 e. The van der Waals surface area contributed by atoms with Crippen molar-refractivity contribution in [1.82, 2.24) is 4.90 Å². The van der Waals surface area contributed by atoms with Crippen LogP contribution in [0.3, 0.4) is 0 Å². The van der Waals surface area contributed by atoms with Crippen molar-refractivity contribution >= 4 is 73.5 Å². The lowest BCUT2D eigenvalue weighted by molar-refractivity contribution is -0.137. The third-order valence-electron chi connectivity index (χ3n) is 2.51. The second-order valence-electron chi connectivity index (χ2n) is 4.00. The van der Waals surface area contributed by atoms with E-state index in [1.807, 2.05) is 17.5 Å². The summed E-state index contributed by atoms with van der Waals surface area (Å²) in [6.45, 7) is 0.350. The first kappa shape index (κ1) is 15.7. The van der Waals surface area contributed by atoms with Gasteiger partial charge in [0, 0.05) is 27.7 Å². The predicted molar refractivity (Wildman–Crippen MR) is 88.8 cm³/mol. The van der Waals surface area contributed by atoms with E-state index in [1.54, 1.807) is 0 Å². The average Bonchev–Trinajstić information content (AvgIpc) is 2.88. The molecule has 1 fully saturated rings. The molecule has 1 saturated heterocycles. The fraction of sp³-hybridized carbons (Fsp3) is 0.250. The van der Waals surface area contributed by atoms with Crippen molar-refractivity contribution in [2.45, 2.75) is 12.8 Å². The molecule has 0 bridgehead atoms. The highest BCUT2D eigenvalue weighted by atomic mass is 79.9. The summed E-state index contributed by atoms with van der Waals surface area (Å²) in [6, 6.07) is 1.93. The van der Waals surface area contributed by atoms with E-state index in [-0.39, 0.29) is 12.3 Å². The quantitative estimate of drug-likeness (QED) is 0.613. The van der Waals surface area contributed by atoms with Crippen LogP contribution in [0.4, 0.5) is 0 Å². The monoisotopic (exact) mass is 391 g/mol. The zero-order valence-electron chi connectivity index (χ0n) is 10.2. The molecule has 2 heterocycles. The number of carbonyl (C=O) groups is 2. The molecule has 2 rings (SSSR count). The number of hydrogen-bond donors (Lipinski definition) is 1. The summed E-state index contributed by atoms with van der Waals surface area (Å²) in [4.78, 5) is 25.7. The van der Waals surface area contributed by atoms with Crippen molar-refractivity contribution in [1.29, 1.82) is 0 Å². The molecule has 20 heavy (non-hydrogen) atoms. The molecule has 0 spiro atoms. The number of carboxylic acids is 1. The van der Waals surface area contributed by atoms with Gasteiger partial charge in [-0.1, -0.05) is 24.0 Å². The lowest BCUT2D eigenvalue weighted by Crippen LogP contribution is -2.29. The molecule has 0 aromatic carbocycles. The molecule has 1 amide bonds. The minimum Gasteiger partial charge on any atom is -0.481 e. The highest BCUT2D eigenvalue weighted by molar-refractivity contribution is 9.10. The molecule has 1 aromatic rings. The maximum absolute atomic E-state index is 12.2. The number of carbonyl (C=O) groups excluding carboxylic acids is 1. The van der Waals surface area contributed by atoms with Crippen LogP contribution in [0.2, 0.25) is 0 Å². The summed E-state index contributed by atoms with van der Waals surface area (Å²) >= 11 is 11.3. The summed E-state index contributed by atoms with van der Waals surface area (Å²) in [5, 5.41) is 10.6. The second kappa shape index (κ2) is 6.84. The molecule has 106 valence electrons. The van der Waals surface area contributed by atoms with E-state index in [9.17, 15) is 9.59 Å². The Kier molecular flexibility index (Phi) is 5.36. The van der Waals surface area contributed by atoms with Gasteiger partial charge in [0.15, 0.2) is 0 Å². The fourth-order valence-corrected chi connectivity index (χ4v) is 4.36. The molecule has 4 nitrogen and oxygen atoms in total. The van der Waals surface area contributed by atoms with Crippen molar-refractivity contribution < 1.29 is 14.7 Å². The Labute approximate surface area is 138 Å². The summed E-state index contributed by atoms with van der Waals surface area (Å²) in [5.41, 5.74) is 0. The van der Waals surface area contributed by atoms with E-state index in [0.717, 1.165) is 9.35 Å². The molecular formula is C12H10BrNO3S3. The number of carboxylic acid groups (broad SMARTS) is 1. The zero-order chi connectivity index (χ0) is 14.7. The number of thiocarbonyl (C=S) groups is 1. The van der Waals surface area contributed by atoms with Gasteiger partial charge in [-0.15, -0.1) is 11.3 Å². The van der Waals surface area contributed by atoms with Crippen LogP contribution < -0.4 is 0 Å². The van der Waals surface area contributed by atoms with E-state index in [2.05, 4.69) is 15.9 Å². The lowest BCUT2D eigenvalue weighted by atomic mass is 10.3. The van der Waals surface area contributed by atoms with E-state index in [1.165, 1.54) is 28.0 Å². The van der Waals surface area contributed by atoms with E-state index < -0.39 is 5.97 Å². The van der Waals surface area contributed by atoms with Crippen LogP contribution in [-0.4, -0.2) is 32.7 Å². The van der Waals surface area contributed by atoms with Crippen molar-refractivity contribution in [3.8, 4) is 0 Å². The molecule has 0 unspecified atom stereocenters. The summed E-state index contributed by atoms with van der Waals surface area (Å²) in [7, 11) is 0.